The number of allylic oxidation sites excluding steroid dienone is 1. The minimum absolute atomic E-state index is 0.222. The summed E-state index contributed by atoms with van der Waals surface area (Å²) in [5, 5.41) is 16.2. The monoisotopic (exact) mass is 356 g/mol. The minimum Gasteiger partial charge on any atom is -0.481 e. The molecule has 0 heterocycles. The molecule has 0 fully saturated rings. The van der Waals surface area contributed by atoms with E-state index in [4.69, 9.17) is 10.2 Å². The van der Waals surface area contributed by atoms with E-state index >= 15 is 0 Å². The zero-order valence-electron chi connectivity index (χ0n) is 16.5. The topological polar surface area (TPSA) is 74.6 Å². The molecule has 148 valence electrons. The number of aliphatic carboxylic acids is 2. The molecular formula is C21H40O4. The van der Waals surface area contributed by atoms with Gasteiger partial charge < -0.3 is 10.2 Å². The van der Waals surface area contributed by atoms with Crippen LogP contribution in [0.15, 0.2) is 12.2 Å². The number of unbranched alkanes of at least 4 members (excludes halogenated alkanes) is 13. The molecule has 0 amide bonds. The summed E-state index contributed by atoms with van der Waals surface area (Å²) in [7, 11) is 0. The summed E-state index contributed by atoms with van der Waals surface area (Å²) >= 11 is 0. The Bertz CT molecular complexity index is 324. The number of carboxylic acid groups (broad SMARTS) is 2. The number of carboxylic acids is 2. The highest BCUT2D eigenvalue weighted by atomic mass is 16.4. The largest absolute Gasteiger partial charge is 0.481 e. The maximum Gasteiger partial charge on any atom is 0.327 e. The van der Waals surface area contributed by atoms with Crippen LogP contribution in [0.3, 0.4) is 0 Å². The van der Waals surface area contributed by atoms with E-state index in [1.54, 1.807) is 13.0 Å². The fraction of sp³-hybridized carbons (Fsp3) is 0.810. The summed E-state index contributed by atoms with van der Waals surface area (Å²) in [6.45, 7) is 3.87. The molecular weight excluding hydrogens is 316 g/mol. The zero-order valence-corrected chi connectivity index (χ0v) is 16.5. The van der Waals surface area contributed by atoms with Gasteiger partial charge in [0.25, 0.3) is 0 Å². The summed E-state index contributed by atoms with van der Waals surface area (Å²) in [5.74, 6) is -1.58. The van der Waals surface area contributed by atoms with Crippen LogP contribution in [-0.4, -0.2) is 22.2 Å². The average Bonchev–Trinajstić information content (AvgIpc) is 2.58. The van der Waals surface area contributed by atoms with Crippen molar-refractivity contribution in [3.8, 4) is 0 Å². The highest BCUT2D eigenvalue weighted by Crippen LogP contribution is 2.12. The van der Waals surface area contributed by atoms with E-state index in [1.807, 2.05) is 0 Å². The molecule has 0 unspecified atom stereocenters. The Morgan fingerprint density at radius 3 is 1.36 bits per heavy atom. The van der Waals surface area contributed by atoms with Crippen molar-refractivity contribution in [2.45, 2.75) is 110 Å². The zero-order chi connectivity index (χ0) is 19.2. The number of rotatable bonds is 16. The third-order valence-electron chi connectivity index (χ3n) is 4.04. The maximum absolute atomic E-state index is 10.2. The summed E-state index contributed by atoms with van der Waals surface area (Å²) < 4.78 is 0. The Labute approximate surface area is 154 Å². The Morgan fingerprint density at radius 1 is 0.680 bits per heavy atom. The number of hydrogen-bond acceptors (Lipinski definition) is 2. The summed E-state index contributed by atoms with van der Waals surface area (Å²) in [6, 6.07) is 0. The van der Waals surface area contributed by atoms with Crippen molar-refractivity contribution in [3.05, 3.63) is 12.2 Å². The van der Waals surface area contributed by atoms with Gasteiger partial charge in [-0.1, -0.05) is 97.0 Å². The van der Waals surface area contributed by atoms with Gasteiger partial charge in [0.15, 0.2) is 0 Å². The predicted molar refractivity (Wildman–Crippen MR) is 105 cm³/mol. The second-order valence-corrected chi connectivity index (χ2v) is 6.52. The lowest BCUT2D eigenvalue weighted by Crippen LogP contribution is -1.86. The molecule has 0 aromatic rings. The Kier molecular flexibility index (Phi) is 23.5. The molecule has 0 aromatic carbocycles. The molecule has 0 aliphatic rings. The van der Waals surface area contributed by atoms with Crippen LogP contribution in [-0.2, 0) is 9.59 Å². The summed E-state index contributed by atoms with van der Waals surface area (Å²) in [5.41, 5.74) is 0. The average molecular weight is 357 g/mol. The SMILES string of the molecule is CCC(=O)O.CCCCCCCCCCCCCCCC=CC(=O)O. The molecule has 25 heavy (non-hydrogen) atoms. The van der Waals surface area contributed by atoms with Gasteiger partial charge in [-0.25, -0.2) is 4.79 Å². The van der Waals surface area contributed by atoms with Gasteiger partial charge in [-0.3, -0.25) is 4.79 Å². The van der Waals surface area contributed by atoms with Gasteiger partial charge in [-0.15, -0.1) is 0 Å². The number of carbonyl (C=O) groups is 2. The molecule has 0 saturated carbocycles. The van der Waals surface area contributed by atoms with Crippen molar-refractivity contribution in [2.24, 2.45) is 0 Å². The molecule has 4 nitrogen and oxygen atoms in total. The van der Waals surface area contributed by atoms with E-state index in [2.05, 4.69) is 6.92 Å². The predicted octanol–water partition coefficient (Wildman–Crippen LogP) is 6.59. The Balaban J connectivity index is 0. The van der Waals surface area contributed by atoms with Crippen molar-refractivity contribution >= 4 is 11.9 Å². The van der Waals surface area contributed by atoms with E-state index < -0.39 is 11.9 Å². The summed E-state index contributed by atoms with van der Waals surface area (Å²) in [4.78, 5) is 19.6. The molecule has 0 saturated heterocycles. The second kappa shape index (κ2) is 22.7. The fourth-order valence-electron chi connectivity index (χ4n) is 2.46. The van der Waals surface area contributed by atoms with Gasteiger partial charge in [0, 0.05) is 12.5 Å². The molecule has 0 atom stereocenters. The second-order valence-electron chi connectivity index (χ2n) is 6.52. The molecule has 0 aliphatic heterocycles. The van der Waals surface area contributed by atoms with Crippen LogP contribution < -0.4 is 0 Å². The lowest BCUT2D eigenvalue weighted by molar-refractivity contribution is -0.136. The first-order valence-corrected chi connectivity index (χ1v) is 10.2. The van der Waals surface area contributed by atoms with Crippen LogP contribution in [0.5, 0.6) is 0 Å². The van der Waals surface area contributed by atoms with Crippen molar-refractivity contribution in [1.29, 1.82) is 0 Å². The van der Waals surface area contributed by atoms with Gasteiger partial charge in [0.2, 0.25) is 0 Å². The molecule has 0 aliphatic carbocycles. The first-order chi connectivity index (χ1) is 12.0. The van der Waals surface area contributed by atoms with Gasteiger partial charge in [-0.05, 0) is 12.8 Å². The van der Waals surface area contributed by atoms with Crippen LogP contribution >= 0.6 is 0 Å². The first-order valence-electron chi connectivity index (χ1n) is 10.2. The van der Waals surface area contributed by atoms with Crippen LogP contribution in [0.2, 0.25) is 0 Å². The molecule has 4 heteroatoms. The molecule has 0 bridgehead atoms. The first kappa shape index (κ1) is 25.9. The highest BCUT2D eigenvalue weighted by molar-refractivity contribution is 5.79. The van der Waals surface area contributed by atoms with Crippen molar-refractivity contribution in [1.82, 2.24) is 0 Å². The van der Waals surface area contributed by atoms with Crippen LogP contribution in [0.25, 0.3) is 0 Å². The van der Waals surface area contributed by atoms with Gasteiger partial charge in [0.05, 0.1) is 0 Å². The Hall–Kier alpha value is -1.32. The van der Waals surface area contributed by atoms with Gasteiger partial charge in [0.1, 0.15) is 0 Å². The van der Waals surface area contributed by atoms with Crippen molar-refractivity contribution < 1.29 is 19.8 Å². The lowest BCUT2D eigenvalue weighted by Gasteiger charge is -2.02. The Morgan fingerprint density at radius 2 is 1.04 bits per heavy atom. The third-order valence-corrected chi connectivity index (χ3v) is 4.04. The molecule has 0 aromatic heterocycles. The normalized spacial score (nSPS) is 10.5. The number of hydrogen-bond donors (Lipinski definition) is 2. The van der Waals surface area contributed by atoms with E-state index in [9.17, 15) is 9.59 Å². The van der Waals surface area contributed by atoms with Crippen LogP contribution in [0.4, 0.5) is 0 Å². The standard InChI is InChI=1S/C18H34O2.C3H6O2/c1-2-3-4-5-6-7-8-9-10-11-12-13-14-15-16-17-18(19)20;1-2-3(4)5/h16-17H,2-15H2,1H3,(H,19,20);2H2,1H3,(H,4,5). The van der Waals surface area contributed by atoms with E-state index in [0.717, 1.165) is 12.8 Å². The van der Waals surface area contributed by atoms with E-state index in [0.29, 0.717) is 0 Å². The van der Waals surface area contributed by atoms with Crippen LogP contribution in [0.1, 0.15) is 110 Å². The highest BCUT2D eigenvalue weighted by Gasteiger charge is 1.93. The van der Waals surface area contributed by atoms with Gasteiger partial charge >= 0.3 is 11.9 Å². The molecule has 0 spiro atoms. The van der Waals surface area contributed by atoms with E-state index in [1.165, 1.54) is 83.1 Å². The van der Waals surface area contributed by atoms with Gasteiger partial charge in [-0.2, -0.15) is 0 Å². The molecule has 2 N–H and O–H groups in total. The quantitative estimate of drug-likeness (QED) is 0.242. The van der Waals surface area contributed by atoms with Crippen LogP contribution in [0, 0.1) is 0 Å². The van der Waals surface area contributed by atoms with Crippen molar-refractivity contribution in [2.75, 3.05) is 0 Å². The maximum atomic E-state index is 10.2. The molecule has 0 radical (unpaired) electrons. The minimum atomic E-state index is -0.834. The van der Waals surface area contributed by atoms with E-state index in [-0.39, 0.29) is 6.42 Å². The third kappa shape index (κ3) is 31.0. The lowest BCUT2D eigenvalue weighted by atomic mass is 10.0. The fourth-order valence-corrected chi connectivity index (χ4v) is 2.46. The molecule has 0 rings (SSSR count). The smallest absolute Gasteiger partial charge is 0.327 e. The van der Waals surface area contributed by atoms with Crippen molar-refractivity contribution in [3.63, 3.8) is 0 Å². The summed E-state index contributed by atoms with van der Waals surface area (Å²) in [6.07, 6.45) is 21.8.